The van der Waals surface area contributed by atoms with Crippen LogP contribution in [-0.4, -0.2) is 49.9 Å². The molecule has 2 N–H and O–H groups in total. The molecule has 0 radical (unpaired) electrons. The number of hydrogen-bond acceptors (Lipinski definition) is 5. The maximum atomic E-state index is 5.84. The fourth-order valence-corrected chi connectivity index (χ4v) is 2.30. The van der Waals surface area contributed by atoms with E-state index in [2.05, 4.69) is 18.9 Å². The molecule has 0 amide bonds. The molecule has 0 aliphatic heterocycles. The third-order valence-corrected chi connectivity index (χ3v) is 3.37. The average Bonchev–Trinajstić information content (AvgIpc) is 2.86. The summed E-state index contributed by atoms with van der Waals surface area (Å²) >= 11 is 0. The quantitative estimate of drug-likeness (QED) is 0.586. The molecule has 0 saturated heterocycles. The van der Waals surface area contributed by atoms with Gasteiger partial charge in [-0.15, -0.1) is 0 Å². The van der Waals surface area contributed by atoms with Gasteiger partial charge in [0.25, 0.3) is 0 Å². The van der Waals surface area contributed by atoms with Crippen LogP contribution < -0.4 is 5.73 Å². The van der Waals surface area contributed by atoms with E-state index in [9.17, 15) is 0 Å². The van der Waals surface area contributed by atoms with Crippen molar-refractivity contribution in [2.45, 2.75) is 39.8 Å². The van der Waals surface area contributed by atoms with Crippen molar-refractivity contribution in [3.05, 3.63) is 17.0 Å². The highest BCUT2D eigenvalue weighted by Crippen LogP contribution is 2.15. The van der Waals surface area contributed by atoms with Gasteiger partial charge in [-0.2, -0.15) is 5.10 Å². The Morgan fingerprint density at radius 2 is 1.67 bits per heavy atom. The van der Waals surface area contributed by atoms with E-state index in [1.54, 1.807) is 7.11 Å². The molecule has 1 aromatic rings. The molecule has 0 bridgehead atoms. The summed E-state index contributed by atoms with van der Waals surface area (Å²) in [6, 6.07) is 0. The van der Waals surface area contributed by atoms with Gasteiger partial charge in [-0.05, 0) is 12.8 Å². The molecular formula is C15H29N3O3. The van der Waals surface area contributed by atoms with Gasteiger partial charge in [-0.1, -0.05) is 13.8 Å². The number of nitrogens with zero attached hydrogens (tertiary/aromatic N) is 2. The van der Waals surface area contributed by atoms with Crippen molar-refractivity contribution in [1.29, 1.82) is 0 Å². The molecule has 1 aromatic heterocycles. The Kier molecular flexibility index (Phi) is 9.25. The van der Waals surface area contributed by atoms with Crippen LogP contribution in [0.3, 0.4) is 0 Å². The summed E-state index contributed by atoms with van der Waals surface area (Å²) in [5, 5.41) is 4.64. The van der Waals surface area contributed by atoms with E-state index in [1.807, 2.05) is 4.68 Å². The van der Waals surface area contributed by atoms with Crippen LogP contribution >= 0.6 is 0 Å². The largest absolute Gasteiger partial charge is 0.382 e. The minimum atomic E-state index is 0.556. The van der Waals surface area contributed by atoms with Crippen LogP contribution in [0.1, 0.15) is 30.8 Å². The fraction of sp³-hybridized carbons (Fsp3) is 0.800. The Labute approximate surface area is 127 Å². The topological polar surface area (TPSA) is 71.5 Å². The lowest BCUT2D eigenvalue weighted by molar-refractivity contribution is 0.0224. The summed E-state index contributed by atoms with van der Waals surface area (Å²) in [5.41, 5.74) is 9.38. The van der Waals surface area contributed by atoms with E-state index in [1.165, 1.54) is 11.3 Å². The highest BCUT2D eigenvalue weighted by molar-refractivity contribution is 5.26. The van der Waals surface area contributed by atoms with Crippen LogP contribution in [0.25, 0.3) is 0 Å². The minimum absolute atomic E-state index is 0.556. The Morgan fingerprint density at radius 3 is 2.24 bits per heavy atom. The lowest BCUT2D eigenvalue weighted by Crippen LogP contribution is -2.14. The molecule has 6 heteroatoms. The van der Waals surface area contributed by atoms with Crippen molar-refractivity contribution < 1.29 is 14.2 Å². The lowest BCUT2D eigenvalue weighted by atomic mass is 10.1. The van der Waals surface area contributed by atoms with Crippen LogP contribution in [0, 0.1) is 0 Å². The van der Waals surface area contributed by atoms with Gasteiger partial charge in [-0.25, -0.2) is 0 Å². The maximum Gasteiger partial charge on any atom is 0.0701 e. The first-order chi connectivity index (χ1) is 10.3. The Morgan fingerprint density at radius 1 is 1.00 bits per heavy atom. The smallest absolute Gasteiger partial charge is 0.0701 e. The van der Waals surface area contributed by atoms with Crippen LogP contribution in [0.4, 0.5) is 0 Å². The standard InChI is InChI=1S/C15H29N3O3/c1-4-14-13(12-16)15(5-2)18(17-14)6-7-20-10-11-21-9-8-19-3/h4-12,16H2,1-3H3. The van der Waals surface area contributed by atoms with Crippen LogP contribution in [-0.2, 0) is 40.1 Å². The Balaban J connectivity index is 2.33. The van der Waals surface area contributed by atoms with Gasteiger partial charge in [0.15, 0.2) is 0 Å². The number of aromatic nitrogens is 2. The molecule has 122 valence electrons. The van der Waals surface area contributed by atoms with Crippen molar-refractivity contribution in [1.82, 2.24) is 9.78 Å². The summed E-state index contributed by atoms with van der Waals surface area (Å²) < 4.78 is 17.9. The molecule has 0 aromatic carbocycles. The predicted octanol–water partition coefficient (Wildman–Crippen LogP) is 1.15. The second-order valence-electron chi connectivity index (χ2n) is 4.72. The molecule has 0 aliphatic rings. The monoisotopic (exact) mass is 299 g/mol. The van der Waals surface area contributed by atoms with Crippen LogP contribution in [0.5, 0.6) is 0 Å². The summed E-state index contributed by atoms with van der Waals surface area (Å²) in [6.45, 7) is 8.61. The van der Waals surface area contributed by atoms with Crippen molar-refractivity contribution >= 4 is 0 Å². The van der Waals surface area contributed by atoms with E-state index in [0.29, 0.717) is 39.6 Å². The fourth-order valence-electron chi connectivity index (χ4n) is 2.30. The minimum Gasteiger partial charge on any atom is -0.382 e. The van der Waals surface area contributed by atoms with Gasteiger partial charge in [0.05, 0.1) is 45.3 Å². The molecule has 0 atom stereocenters. The van der Waals surface area contributed by atoms with Crippen molar-refractivity contribution in [2.24, 2.45) is 5.73 Å². The van der Waals surface area contributed by atoms with E-state index in [4.69, 9.17) is 19.9 Å². The molecule has 0 aliphatic carbocycles. The van der Waals surface area contributed by atoms with E-state index < -0.39 is 0 Å². The van der Waals surface area contributed by atoms with Gasteiger partial charge in [0.2, 0.25) is 0 Å². The average molecular weight is 299 g/mol. The zero-order valence-electron chi connectivity index (χ0n) is 13.6. The molecular weight excluding hydrogens is 270 g/mol. The number of hydrogen-bond donors (Lipinski definition) is 1. The molecule has 0 spiro atoms. The lowest BCUT2D eigenvalue weighted by Gasteiger charge is -2.08. The molecule has 0 saturated carbocycles. The number of ether oxygens (including phenoxy) is 3. The molecule has 0 fully saturated rings. The van der Waals surface area contributed by atoms with Gasteiger partial charge < -0.3 is 19.9 Å². The number of aryl methyl sites for hydroxylation is 1. The second kappa shape index (κ2) is 10.7. The molecule has 1 rings (SSSR count). The predicted molar refractivity (Wildman–Crippen MR) is 82.4 cm³/mol. The van der Waals surface area contributed by atoms with E-state index >= 15 is 0 Å². The van der Waals surface area contributed by atoms with E-state index in [0.717, 1.165) is 25.1 Å². The third-order valence-electron chi connectivity index (χ3n) is 3.37. The first kappa shape index (κ1) is 18.1. The van der Waals surface area contributed by atoms with Crippen LogP contribution in [0.2, 0.25) is 0 Å². The summed E-state index contributed by atoms with van der Waals surface area (Å²) in [6.07, 6.45) is 1.86. The Bertz CT molecular complexity index is 394. The summed E-state index contributed by atoms with van der Waals surface area (Å²) in [4.78, 5) is 0. The maximum absolute atomic E-state index is 5.84. The number of methoxy groups -OCH3 is 1. The van der Waals surface area contributed by atoms with Crippen molar-refractivity contribution in [3.8, 4) is 0 Å². The summed E-state index contributed by atoms with van der Waals surface area (Å²) in [7, 11) is 1.66. The Hall–Kier alpha value is -0.950. The van der Waals surface area contributed by atoms with Crippen LogP contribution in [0.15, 0.2) is 0 Å². The number of rotatable bonds is 12. The zero-order chi connectivity index (χ0) is 15.5. The van der Waals surface area contributed by atoms with Crippen molar-refractivity contribution in [2.75, 3.05) is 40.1 Å². The van der Waals surface area contributed by atoms with Crippen molar-refractivity contribution in [3.63, 3.8) is 0 Å². The van der Waals surface area contributed by atoms with Gasteiger partial charge in [-0.3, -0.25) is 4.68 Å². The molecule has 21 heavy (non-hydrogen) atoms. The highest BCUT2D eigenvalue weighted by atomic mass is 16.5. The third kappa shape index (κ3) is 5.74. The number of nitrogens with two attached hydrogens (primary N) is 1. The molecule has 6 nitrogen and oxygen atoms in total. The zero-order valence-corrected chi connectivity index (χ0v) is 13.6. The van der Waals surface area contributed by atoms with Gasteiger partial charge >= 0.3 is 0 Å². The molecule has 0 unspecified atom stereocenters. The highest BCUT2D eigenvalue weighted by Gasteiger charge is 2.13. The first-order valence-corrected chi connectivity index (χ1v) is 7.70. The first-order valence-electron chi connectivity index (χ1n) is 7.70. The normalized spacial score (nSPS) is 11.2. The SMILES string of the molecule is CCc1nn(CCOCCOCCOC)c(CC)c1CN. The summed E-state index contributed by atoms with van der Waals surface area (Å²) in [5.74, 6) is 0. The second-order valence-corrected chi connectivity index (χ2v) is 4.72. The van der Waals surface area contributed by atoms with Gasteiger partial charge in [0.1, 0.15) is 0 Å². The molecule has 1 heterocycles. The van der Waals surface area contributed by atoms with Gasteiger partial charge in [0, 0.05) is 24.9 Å². The van der Waals surface area contributed by atoms with E-state index in [-0.39, 0.29) is 0 Å².